The summed E-state index contributed by atoms with van der Waals surface area (Å²) in [7, 11) is 1.82. The van der Waals surface area contributed by atoms with Gasteiger partial charge in [0, 0.05) is 24.5 Å². The van der Waals surface area contributed by atoms with Crippen molar-refractivity contribution in [2.45, 2.75) is 6.92 Å². The second kappa shape index (κ2) is 6.60. The summed E-state index contributed by atoms with van der Waals surface area (Å²) in [5, 5.41) is 0. The molecule has 15 heavy (non-hydrogen) atoms. The van der Waals surface area contributed by atoms with Crippen LogP contribution >= 0.6 is 0 Å². The number of likely N-dealkylation sites (N-methyl/N-ethyl adjacent to an activating group) is 1. The van der Waals surface area contributed by atoms with Crippen LogP contribution in [0.2, 0.25) is 0 Å². The van der Waals surface area contributed by atoms with Crippen molar-refractivity contribution >= 4 is 5.78 Å². The minimum absolute atomic E-state index is 0.0163. The molecule has 0 aromatic carbocycles. The molecule has 0 unspecified atom stereocenters. The van der Waals surface area contributed by atoms with Crippen molar-refractivity contribution in [3.63, 3.8) is 0 Å². The highest BCUT2D eigenvalue weighted by molar-refractivity contribution is 5.95. The Morgan fingerprint density at radius 3 is 2.33 bits per heavy atom. The van der Waals surface area contributed by atoms with Gasteiger partial charge in [-0.1, -0.05) is 38.0 Å². The number of rotatable bonds is 6. The van der Waals surface area contributed by atoms with E-state index in [2.05, 4.69) is 19.7 Å². The van der Waals surface area contributed by atoms with E-state index in [-0.39, 0.29) is 5.78 Å². The Hall–Kier alpha value is -1.83. The second-order valence-electron chi connectivity index (χ2n) is 3.04. The van der Waals surface area contributed by atoms with Crippen LogP contribution in [-0.4, -0.2) is 17.7 Å². The molecule has 0 aliphatic rings. The highest BCUT2D eigenvalue weighted by Crippen LogP contribution is 2.06. The molecule has 2 heteroatoms. The van der Waals surface area contributed by atoms with Gasteiger partial charge in [-0.15, -0.1) is 0 Å². The van der Waals surface area contributed by atoms with Crippen LogP contribution in [0.3, 0.4) is 0 Å². The number of Topliss-reactive ketones (excluding diaryl/α,β-unsaturated/α-hetero) is 1. The molecule has 0 aromatic heterocycles. The van der Waals surface area contributed by atoms with Crippen molar-refractivity contribution in [3.05, 3.63) is 61.5 Å². The number of carbonyl (C=O) groups is 1. The standard InChI is InChI=1S/C13H17NO/c1-6-8-9-11(3)14(5)10-13(7-2)12(4)15/h6-10H,1-3H2,4-5H3/b9-8-,13-10+. The van der Waals surface area contributed by atoms with Gasteiger partial charge in [0.15, 0.2) is 5.78 Å². The Balaban J connectivity index is 4.71. The van der Waals surface area contributed by atoms with Gasteiger partial charge in [-0.3, -0.25) is 4.79 Å². The topological polar surface area (TPSA) is 20.3 Å². The van der Waals surface area contributed by atoms with E-state index < -0.39 is 0 Å². The predicted molar refractivity (Wildman–Crippen MR) is 65.2 cm³/mol. The summed E-state index contributed by atoms with van der Waals surface area (Å²) >= 11 is 0. The summed E-state index contributed by atoms with van der Waals surface area (Å²) < 4.78 is 0. The van der Waals surface area contributed by atoms with E-state index in [0.29, 0.717) is 5.57 Å². The summed E-state index contributed by atoms with van der Waals surface area (Å²) in [5.41, 5.74) is 1.33. The Labute approximate surface area is 91.6 Å². The molecule has 0 aliphatic heterocycles. The monoisotopic (exact) mass is 203 g/mol. The van der Waals surface area contributed by atoms with Gasteiger partial charge < -0.3 is 4.90 Å². The lowest BCUT2D eigenvalue weighted by Gasteiger charge is -2.14. The van der Waals surface area contributed by atoms with Crippen molar-refractivity contribution < 1.29 is 4.79 Å². The lowest BCUT2D eigenvalue weighted by Crippen LogP contribution is -2.10. The molecular formula is C13H17NO. The zero-order valence-electron chi connectivity index (χ0n) is 9.36. The van der Waals surface area contributed by atoms with Gasteiger partial charge in [0.1, 0.15) is 0 Å². The first-order valence-electron chi connectivity index (χ1n) is 4.59. The van der Waals surface area contributed by atoms with E-state index >= 15 is 0 Å². The van der Waals surface area contributed by atoms with E-state index in [4.69, 9.17) is 0 Å². The maximum Gasteiger partial charge on any atom is 0.161 e. The van der Waals surface area contributed by atoms with Gasteiger partial charge in [0.25, 0.3) is 0 Å². The highest BCUT2D eigenvalue weighted by atomic mass is 16.1. The fraction of sp³-hybridized carbons (Fsp3) is 0.154. The summed E-state index contributed by atoms with van der Waals surface area (Å²) in [5.74, 6) is -0.0163. The van der Waals surface area contributed by atoms with Crippen molar-refractivity contribution in [2.75, 3.05) is 7.05 Å². The van der Waals surface area contributed by atoms with Crippen LogP contribution in [0.5, 0.6) is 0 Å². The van der Waals surface area contributed by atoms with Gasteiger partial charge in [0.2, 0.25) is 0 Å². The summed E-state index contributed by atoms with van der Waals surface area (Å²) in [6, 6.07) is 0. The Bertz CT molecular complexity index is 334. The van der Waals surface area contributed by atoms with Gasteiger partial charge in [0.05, 0.1) is 0 Å². The second-order valence-corrected chi connectivity index (χ2v) is 3.04. The average Bonchev–Trinajstić information content (AvgIpc) is 2.21. The molecule has 0 amide bonds. The van der Waals surface area contributed by atoms with Crippen LogP contribution in [0.15, 0.2) is 61.5 Å². The quantitative estimate of drug-likeness (QED) is 0.488. The van der Waals surface area contributed by atoms with E-state index in [1.165, 1.54) is 13.0 Å². The number of hydrogen-bond donors (Lipinski definition) is 0. The number of nitrogens with zero attached hydrogens (tertiary/aromatic N) is 1. The third kappa shape index (κ3) is 4.81. The lowest BCUT2D eigenvalue weighted by molar-refractivity contribution is -0.113. The van der Waals surface area contributed by atoms with E-state index in [0.717, 1.165) is 5.70 Å². The Morgan fingerprint density at radius 2 is 1.93 bits per heavy atom. The van der Waals surface area contributed by atoms with Gasteiger partial charge in [-0.2, -0.15) is 0 Å². The molecule has 0 spiro atoms. The van der Waals surface area contributed by atoms with Crippen molar-refractivity contribution in [3.8, 4) is 0 Å². The molecule has 0 aromatic rings. The molecular weight excluding hydrogens is 186 g/mol. The van der Waals surface area contributed by atoms with Crippen LogP contribution in [0.4, 0.5) is 0 Å². The largest absolute Gasteiger partial charge is 0.351 e. The van der Waals surface area contributed by atoms with Crippen LogP contribution in [-0.2, 0) is 4.79 Å². The summed E-state index contributed by atoms with van der Waals surface area (Å²) in [6.07, 6.45) is 8.49. The fourth-order valence-electron chi connectivity index (χ4n) is 0.876. The summed E-state index contributed by atoms with van der Waals surface area (Å²) in [4.78, 5) is 12.9. The van der Waals surface area contributed by atoms with E-state index in [9.17, 15) is 4.79 Å². The van der Waals surface area contributed by atoms with Crippen molar-refractivity contribution in [1.29, 1.82) is 0 Å². The molecule has 0 saturated heterocycles. The molecule has 0 N–H and O–H groups in total. The maximum atomic E-state index is 11.1. The lowest BCUT2D eigenvalue weighted by atomic mass is 10.2. The van der Waals surface area contributed by atoms with Crippen molar-refractivity contribution in [1.82, 2.24) is 4.90 Å². The molecule has 0 saturated carbocycles. The Morgan fingerprint density at radius 1 is 1.33 bits per heavy atom. The third-order valence-electron chi connectivity index (χ3n) is 1.84. The fourth-order valence-corrected chi connectivity index (χ4v) is 0.876. The number of carbonyl (C=O) groups excluding carboxylic acids is 1. The zero-order chi connectivity index (χ0) is 11.8. The van der Waals surface area contributed by atoms with Crippen LogP contribution in [0.25, 0.3) is 0 Å². The van der Waals surface area contributed by atoms with Crippen molar-refractivity contribution in [2.24, 2.45) is 0 Å². The molecule has 0 atom stereocenters. The van der Waals surface area contributed by atoms with Crippen LogP contribution in [0.1, 0.15) is 6.92 Å². The minimum Gasteiger partial charge on any atom is -0.351 e. The van der Waals surface area contributed by atoms with E-state index in [1.54, 1.807) is 23.3 Å². The third-order valence-corrected chi connectivity index (χ3v) is 1.84. The number of hydrogen-bond acceptors (Lipinski definition) is 2. The normalized spacial score (nSPS) is 11.2. The van der Waals surface area contributed by atoms with Crippen LogP contribution in [0, 0.1) is 0 Å². The first kappa shape index (κ1) is 13.2. The Kier molecular flexibility index (Phi) is 5.79. The molecule has 0 radical (unpaired) electrons. The first-order valence-corrected chi connectivity index (χ1v) is 4.59. The van der Waals surface area contributed by atoms with E-state index in [1.807, 2.05) is 13.1 Å². The molecule has 0 rings (SSSR count). The predicted octanol–water partition coefficient (Wildman–Crippen LogP) is 2.83. The van der Waals surface area contributed by atoms with Gasteiger partial charge in [-0.05, 0) is 13.0 Å². The maximum absolute atomic E-state index is 11.1. The molecule has 0 fully saturated rings. The zero-order valence-corrected chi connectivity index (χ0v) is 9.36. The smallest absolute Gasteiger partial charge is 0.161 e. The molecule has 0 heterocycles. The molecule has 2 nitrogen and oxygen atoms in total. The highest BCUT2D eigenvalue weighted by Gasteiger charge is 2.01. The SMILES string of the molecule is C=C/C=C\C(=C)N(C)/C=C(\C=C)C(C)=O. The van der Waals surface area contributed by atoms with Crippen LogP contribution < -0.4 is 0 Å². The van der Waals surface area contributed by atoms with Gasteiger partial charge in [-0.25, -0.2) is 0 Å². The molecule has 0 bridgehead atoms. The molecule has 0 aliphatic carbocycles. The average molecular weight is 203 g/mol. The number of allylic oxidation sites excluding steroid dienone is 5. The number of ketones is 1. The molecule has 80 valence electrons. The summed E-state index contributed by atoms with van der Waals surface area (Å²) in [6.45, 7) is 12.5. The minimum atomic E-state index is -0.0163. The van der Waals surface area contributed by atoms with Gasteiger partial charge >= 0.3 is 0 Å². The first-order chi connectivity index (χ1) is 7.02.